The first-order chi connectivity index (χ1) is 5.47. The first-order valence-corrected chi connectivity index (χ1v) is 8.65. The molecule has 1 fully saturated rings. The van der Waals surface area contributed by atoms with Gasteiger partial charge in [-0.3, -0.25) is 0 Å². The van der Waals surface area contributed by atoms with Crippen LogP contribution in [-0.4, -0.2) is 19.6 Å². The van der Waals surface area contributed by atoms with Gasteiger partial charge >= 0.3 is 75.3 Å². The van der Waals surface area contributed by atoms with Crippen LogP contribution in [0.4, 0.5) is 0 Å². The van der Waals surface area contributed by atoms with E-state index in [9.17, 15) is 0 Å². The van der Waals surface area contributed by atoms with Crippen molar-refractivity contribution in [3.05, 3.63) is 30.3 Å². The molecule has 1 aromatic carbocycles. The maximum atomic E-state index is 2.34. The van der Waals surface area contributed by atoms with E-state index in [2.05, 4.69) is 30.3 Å². The Hall–Kier alpha value is 0.490. The normalized spacial score (nSPS) is 17.3. The zero-order valence-electron chi connectivity index (χ0n) is 7.00. The van der Waals surface area contributed by atoms with E-state index in [1.165, 1.54) is 12.8 Å². The van der Waals surface area contributed by atoms with Gasteiger partial charge in [-0.05, 0) is 0 Å². The van der Waals surface area contributed by atoms with E-state index in [4.69, 9.17) is 0 Å². The molecule has 0 atom stereocenters. The summed E-state index contributed by atoms with van der Waals surface area (Å²) in [6.45, 7) is 0. The Morgan fingerprint density at radius 1 is 0.917 bits per heavy atom. The van der Waals surface area contributed by atoms with E-state index in [-0.39, 0.29) is 17.0 Å². The van der Waals surface area contributed by atoms with Gasteiger partial charge in [0.15, 0.2) is 0 Å². The van der Waals surface area contributed by atoms with Gasteiger partial charge in [-0.1, -0.05) is 0 Å². The summed E-state index contributed by atoms with van der Waals surface area (Å²) in [6.07, 6.45) is 3.01. The topological polar surface area (TPSA) is 0 Å². The molecular formula is C10H13BrTe. The quantitative estimate of drug-likeness (QED) is 0.587. The molecule has 0 spiro atoms. The van der Waals surface area contributed by atoms with Crippen molar-refractivity contribution in [3.8, 4) is 0 Å². The van der Waals surface area contributed by atoms with Crippen molar-refractivity contribution in [2.75, 3.05) is 0 Å². The van der Waals surface area contributed by atoms with Crippen molar-refractivity contribution in [3.63, 3.8) is 0 Å². The molecule has 2 rings (SSSR count). The molecule has 66 valence electrons. The molecule has 0 aliphatic carbocycles. The molecular weight excluding hydrogens is 328 g/mol. The summed E-state index contributed by atoms with van der Waals surface area (Å²) in [6, 6.07) is 11.2. The van der Waals surface area contributed by atoms with E-state index in [0.29, 0.717) is 0 Å². The van der Waals surface area contributed by atoms with Gasteiger partial charge in [-0.25, -0.2) is 0 Å². The van der Waals surface area contributed by atoms with E-state index >= 15 is 0 Å². The Kier molecular flexibility index (Phi) is 4.64. The molecule has 12 heavy (non-hydrogen) atoms. The Bertz CT molecular complexity index is 217. The first kappa shape index (κ1) is 10.6. The van der Waals surface area contributed by atoms with Crippen LogP contribution in [0.15, 0.2) is 30.3 Å². The fourth-order valence-electron chi connectivity index (χ4n) is 1.50. The fourth-order valence-corrected chi connectivity index (χ4v) is 8.13. The maximum absolute atomic E-state index is 2.34. The van der Waals surface area contributed by atoms with Crippen LogP contribution in [0.3, 0.4) is 0 Å². The molecule has 1 aromatic rings. The molecule has 1 heterocycles. The molecule has 0 saturated carbocycles. The molecule has 0 N–H and O–H groups in total. The zero-order chi connectivity index (χ0) is 7.52. The van der Waals surface area contributed by atoms with Gasteiger partial charge in [0.25, 0.3) is 0 Å². The second kappa shape index (κ2) is 5.27. The first-order valence-electron chi connectivity index (χ1n) is 4.19. The summed E-state index contributed by atoms with van der Waals surface area (Å²) < 4.78 is 4.87. The van der Waals surface area contributed by atoms with Crippen LogP contribution in [0, 0.1) is 0 Å². The average Bonchev–Trinajstić information content (AvgIpc) is 2.58. The molecule has 0 radical (unpaired) electrons. The van der Waals surface area contributed by atoms with E-state index in [1.54, 1.807) is 12.5 Å². The minimum atomic E-state index is -0.733. The SMILES string of the molecule is [Br-].c1ccc([Te+]2CCCC2)cc1. The minimum absolute atomic E-state index is 0. The number of rotatable bonds is 1. The summed E-state index contributed by atoms with van der Waals surface area (Å²) in [5, 5.41) is 0. The third-order valence-corrected chi connectivity index (χ3v) is 9.25. The molecule has 0 unspecified atom stereocenters. The number of hydrogen-bond donors (Lipinski definition) is 0. The molecule has 1 aliphatic heterocycles. The van der Waals surface area contributed by atoms with Crippen molar-refractivity contribution in [1.82, 2.24) is 0 Å². The molecule has 1 saturated heterocycles. The Balaban J connectivity index is 0.000000720. The van der Waals surface area contributed by atoms with Gasteiger partial charge in [0.05, 0.1) is 0 Å². The van der Waals surface area contributed by atoms with Crippen molar-refractivity contribution < 1.29 is 17.0 Å². The Morgan fingerprint density at radius 3 is 2.08 bits per heavy atom. The predicted molar refractivity (Wildman–Crippen MR) is 50.7 cm³/mol. The standard InChI is InChI=1S/C10H13Te.BrH/c1-2-6-10(7-3-1)11-8-4-5-9-11;/h1-3,6-7H,4-5,8-9H2;1H/q+1;/p-1. The third kappa shape index (κ3) is 2.49. The van der Waals surface area contributed by atoms with E-state index in [0.717, 1.165) is 0 Å². The molecule has 0 amide bonds. The Labute approximate surface area is 91.8 Å². The third-order valence-electron chi connectivity index (χ3n) is 2.11. The Morgan fingerprint density at radius 2 is 1.50 bits per heavy atom. The molecule has 0 bridgehead atoms. The number of halogens is 1. The fraction of sp³-hybridized carbons (Fsp3) is 0.400. The van der Waals surface area contributed by atoms with Gasteiger partial charge in [0, 0.05) is 0 Å². The second-order valence-corrected chi connectivity index (χ2v) is 9.41. The predicted octanol–water partition coefficient (Wildman–Crippen LogP) is -0.814. The van der Waals surface area contributed by atoms with Crippen LogP contribution in [0.2, 0.25) is 8.94 Å². The second-order valence-electron chi connectivity index (χ2n) is 2.92. The van der Waals surface area contributed by atoms with Gasteiger partial charge in [-0.2, -0.15) is 0 Å². The van der Waals surface area contributed by atoms with E-state index in [1.807, 2.05) is 0 Å². The van der Waals surface area contributed by atoms with Crippen LogP contribution >= 0.6 is 0 Å². The number of benzene rings is 1. The van der Waals surface area contributed by atoms with Crippen molar-refractivity contribution >= 4 is 23.2 Å². The van der Waals surface area contributed by atoms with Crippen molar-refractivity contribution in [1.29, 1.82) is 0 Å². The van der Waals surface area contributed by atoms with Crippen molar-refractivity contribution in [2.45, 2.75) is 21.8 Å². The molecule has 0 nitrogen and oxygen atoms in total. The van der Waals surface area contributed by atoms with E-state index < -0.39 is 19.6 Å². The molecule has 2 heteroatoms. The summed E-state index contributed by atoms with van der Waals surface area (Å²) in [4.78, 5) is 0. The van der Waals surface area contributed by atoms with Crippen LogP contribution in [0.1, 0.15) is 12.8 Å². The van der Waals surface area contributed by atoms with Crippen LogP contribution in [-0.2, 0) is 0 Å². The summed E-state index contributed by atoms with van der Waals surface area (Å²) in [5.41, 5.74) is 0. The van der Waals surface area contributed by atoms with Gasteiger partial charge in [0.1, 0.15) is 0 Å². The average molecular weight is 341 g/mol. The summed E-state index contributed by atoms with van der Waals surface area (Å²) in [5.74, 6) is 0. The number of hydrogen-bond acceptors (Lipinski definition) is 0. The van der Waals surface area contributed by atoms with Crippen LogP contribution in [0.25, 0.3) is 0 Å². The van der Waals surface area contributed by atoms with Crippen molar-refractivity contribution in [2.24, 2.45) is 0 Å². The van der Waals surface area contributed by atoms with Gasteiger partial charge < -0.3 is 17.0 Å². The molecule has 0 aromatic heterocycles. The zero-order valence-corrected chi connectivity index (χ0v) is 10.9. The van der Waals surface area contributed by atoms with Crippen LogP contribution < -0.4 is 20.6 Å². The van der Waals surface area contributed by atoms with Gasteiger partial charge in [0.2, 0.25) is 0 Å². The summed E-state index contributed by atoms with van der Waals surface area (Å²) >= 11 is -0.733. The van der Waals surface area contributed by atoms with Gasteiger partial charge in [-0.15, -0.1) is 0 Å². The summed E-state index contributed by atoms with van der Waals surface area (Å²) in [7, 11) is 0. The monoisotopic (exact) mass is 342 g/mol. The molecule has 1 aliphatic rings. The van der Waals surface area contributed by atoms with Crippen LogP contribution in [0.5, 0.6) is 0 Å².